The molecule has 0 bridgehead atoms. The number of amides is 2. The molecule has 0 spiro atoms. The molecule has 6 nitrogen and oxygen atoms in total. The van der Waals surface area contributed by atoms with E-state index in [1.54, 1.807) is 0 Å². The van der Waals surface area contributed by atoms with Gasteiger partial charge >= 0.3 is 6.03 Å². The van der Waals surface area contributed by atoms with Crippen molar-refractivity contribution in [2.45, 2.75) is 26.4 Å². The topological polar surface area (TPSA) is 61.6 Å². The predicted molar refractivity (Wildman–Crippen MR) is 91.5 cm³/mol. The van der Waals surface area contributed by atoms with E-state index in [9.17, 15) is 4.79 Å². The number of piperazine rings is 1. The quantitative estimate of drug-likeness (QED) is 0.937. The number of hydrogen-bond donors (Lipinski definition) is 1. The molecule has 1 aliphatic heterocycles. The minimum absolute atomic E-state index is 0.0333. The largest absolute Gasteiger partial charge is 0.464 e. The highest BCUT2D eigenvalue weighted by Crippen LogP contribution is 2.16. The Morgan fingerprint density at radius 3 is 2.67 bits per heavy atom. The molecule has 6 heteroatoms. The van der Waals surface area contributed by atoms with Crippen LogP contribution >= 0.6 is 0 Å². The van der Waals surface area contributed by atoms with Gasteiger partial charge in [0.15, 0.2) is 0 Å². The molecule has 3 rings (SSSR count). The average Bonchev–Trinajstić information content (AvgIpc) is 3.03. The molecule has 24 heavy (non-hydrogen) atoms. The van der Waals surface area contributed by atoms with Crippen LogP contribution in [0.25, 0.3) is 0 Å². The third-order valence-electron chi connectivity index (χ3n) is 4.30. The summed E-state index contributed by atoms with van der Waals surface area (Å²) < 4.78 is 5.57. The number of urea groups is 1. The number of aromatic nitrogens is 1. The molecule has 0 unspecified atom stereocenters. The van der Waals surface area contributed by atoms with Gasteiger partial charge < -0.3 is 14.6 Å². The van der Waals surface area contributed by atoms with Crippen LogP contribution in [0.4, 0.5) is 4.79 Å². The van der Waals surface area contributed by atoms with Crippen LogP contribution in [-0.2, 0) is 6.54 Å². The van der Waals surface area contributed by atoms with E-state index in [1.807, 2.05) is 55.3 Å². The second-order valence-electron chi connectivity index (χ2n) is 6.20. The molecule has 2 aromatic heterocycles. The summed E-state index contributed by atoms with van der Waals surface area (Å²) >= 11 is 0. The fourth-order valence-corrected chi connectivity index (χ4v) is 2.86. The summed E-state index contributed by atoms with van der Waals surface area (Å²) in [5.74, 6) is 1.64. The maximum Gasteiger partial charge on any atom is 0.318 e. The van der Waals surface area contributed by atoms with Gasteiger partial charge in [0.25, 0.3) is 0 Å². The third-order valence-corrected chi connectivity index (χ3v) is 4.30. The number of aryl methyl sites for hydroxylation is 1. The summed E-state index contributed by atoms with van der Waals surface area (Å²) in [5.41, 5.74) is 1.07. The third kappa shape index (κ3) is 4.14. The molecule has 1 fully saturated rings. The van der Waals surface area contributed by atoms with Crippen LogP contribution in [0.2, 0.25) is 0 Å². The summed E-state index contributed by atoms with van der Waals surface area (Å²) in [6.45, 7) is 7.84. The fourth-order valence-electron chi connectivity index (χ4n) is 2.86. The molecule has 128 valence electrons. The second-order valence-corrected chi connectivity index (χ2v) is 6.20. The van der Waals surface area contributed by atoms with E-state index < -0.39 is 0 Å². The number of nitrogens with one attached hydrogen (secondary N) is 1. The number of carbonyl (C=O) groups excluding carboxylic acids is 1. The highest BCUT2D eigenvalue weighted by molar-refractivity contribution is 5.74. The highest BCUT2D eigenvalue weighted by atomic mass is 16.3. The molecule has 1 saturated heterocycles. The predicted octanol–water partition coefficient (Wildman–Crippen LogP) is 2.57. The van der Waals surface area contributed by atoms with Gasteiger partial charge in [0, 0.05) is 38.9 Å². The van der Waals surface area contributed by atoms with Crippen molar-refractivity contribution in [1.29, 1.82) is 0 Å². The van der Waals surface area contributed by atoms with E-state index >= 15 is 0 Å². The van der Waals surface area contributed by atoms with Crippen molar-refractivity contribution in [2.24, 2.45) is 0 Å². The Bertz CT molecular complexity index is 663. The van der Waals surface area contributed by atoms with Crippen molar-refractivity contribution in [1.82, 2.24) is 20.1 Å². The molecule has 0 aromatic carbocycles. The first-order valence-corrected chi connectivity index (χ1v) is 8.36. The number of nitrogens with zero attached hydrogens (tertiary/aromatic N) is 3. The maximum absolute atomic E-state index is 12.4. The number of rotatable bonds is 4. The van der Waals surface area contributed by atoms with Crippen LogP contribution in [0.5, 0.6) is 0 Å². The van der Waals surface area contributed by atoms with Gasteiger partial charge in [-0.25, -0.2) is 4.79 Å². The van der Waals surface area contributed by atoms with Gasteiger partial charge in [0.2, 0.25) is 0 Å². The van der Waals surface area contributed by atoms with Crippen molar-refractivity contribution >= 4 is 6.03 Å². The molecule has 1 aliphatic rings. The van der Waals surface area contributed by atoms with E-state index in [2.05, 4.69) is 15.2 Å². The summed E-state index contributed by atoms with van der Waals surface area (Å²) in [6.07, 6.45) is 1.82. The molecule has 0 saturated carbocycles. The Morgan fingerprint density at radius 1 is 1.25 bits per heavy atom. The summed E-state index contributed by atoms with van der Waals surface area (Å²) in [5, 5.41) is 3.01. The van der Waals surface area contributed by atoms with E-state index in [0.29, 0.717) is 0 Å². The standard InChI is InChI=1S/C18H24N4O2/c1-14-6-7-17(24-14)15(2)20-18(23)22-11-9-21(10-12-22)13-16-5-3-4-8-19-16/h3-8,15H,9-13H2,1-2H3,(H,20,23)/t15-/m0/s1. The van der Waals surface area contributed by atoms with Crippen molar-refractivity contribution in [3.8, 4) is 0 Å². The van der Waals surface area contributed by atoms with E-state index in [1.165, 1.54) is 0 Å². The zero-order valence-corrected chi connectivity index (χ0v) is 14.2. The first kappa shape index (κ1) is 16.5. The second kappa shape index (κ2) is 7.49. The van der Waals surface area contributed by atoms with Gasteiger partial charge in [-0.2, -0.15) is 0 Å². The Morgan fingerprint density at radius 2 is 2.04 bits per heavy atom. The lowest BCUT2D eigenvalue weighted by molar-refractivity contribution is 0.132. The van der Waals surface area contributed by atoms with E-state index in [0.717, 1.165) is 49.9 Å². The minimum atomic E-state index is -0.127. The molecule has 1 atom stereocenters. The van der Waals surface area contributed by atoms with Gasteiger partial charge in [0.05, 0.1) is 11.7 Å². The van der Waals surface area contributed by atoms with Crippen molar-refractivity contribution in [3.05, 3.63) is 53.7 Å². The smallest absolute Gasteiger partial charge is 0.318 e. The first-order valence-electron chi connectivity index (χ1n) is 8.36. The van der Waals surface area contributed by atoms with Crippen molar-refractivity contribution < 1.29 is 9.21 Å². The summed E-state index contributed by atoms with van der Waals surface area (Å²) in [4.78, 5) is 20.9. The fraction of sp³-hybridized carbons (Fsp3) is 0.444. The molecular formula is C18H24N4O2. The lowest BCUT2D eigenvalue weighted by Gasteiger charge is -2.35. The highest BCUT2D eigenvalue weighted by Gasteiger charge is 2.23. The zero-order valence-electron chi connectivity index (χ0n) is 14.2. The van der Waals surface area contributed by atoms with Crippen LogP contribution in [0, 0.1) is 6.92 Å². The lowest BCUT2D eigenvalue weighted by atomic mass is 10.2. The molecular weight excluding hydrogens is 304 g/mol. The van der Waals surface area contributed by atoms with Gasteiger partial charge in [0.1, 0.15) is 11.5 Å². The molecule has 2 aromatic rings. The zero-order chi connectivity index (χ0) is 16.9. The van der Waals surface area contributed by atoms with Crippen LogP contribution in [0.3, 0.4) is 0 Å². The van der Waals surface area contributed by atoms with Crippen LogP contribution in [-0.4, -0.2) is 47.0 Å². The number of hydrogen-bond acceptors (Lipinski definition) is 4. The average molecular weight is 328 g/mol. The monoisotopic (exact) mass is 328 g/mol. The Balaban J connectivity index is 1.46. The lowest BCUT2D eigenvalue weighted by Crippen LogP contribution is -2.51. The Kier molecular flexibility index (Phi) is 5.15. The van der Waals surface area contributed by atoms with Crippen LogP contribution < -0.4 is 5.32 Å². The van der Waals surface area contributed by atoms with E-state index in [-0.39, 0.29) is 12.1 Å². The van der Waals surface area contributed by atoms with E-state index in [4.69, 9.17) is 4.42 Å². The molecule has 1 N–H and O–H groups in total. The number of carbonyl (C=O) groups is 1. The normalized spacial score (nSPS) is 16.8. The maximum atomic E-state index is 12.4. The Labute approximate surface area is 142 Å². The van der Waals surface area contributed by atoms with Crippen LogP contribution in [0.15, 0.2) is 40.9 Å². The number of pyridine rings is 1. The molecule has 0 aliphatic carbocycles. The Hall–Kier alpha value is -2.34. The van der Waals surface area contributed by atoms with Gasteiger partial charge in [-0.15, -0.1) is 0 Å². The first-order chi connectivity index (χ1) is 11.6. The summed E-state index contributed by atoms with van der Waals surface area (Å²) in [7, 11) is 0. The van der Waals surface area contributed by atoms with Crippen LogP contribution in [0.1, 0.15) is 30.2 Å². The molecule has 0 radical (unpaired) electrons. The van der Waals surface area contributed by atoms with Gasteiger partial charge in [-0.1, -0.05) is 6.07 Å². The van der Waals surface area contributed by atoms with Gasteiger partial charge in [-0.3, -0.25) is 9.88 Å². The molecule has 3 heterocycles. The minimum Gasteiger partial charge on any atom is -0.464 e. The number of furan rings is 1. The van der Waals surface area contributed by atoms with Gasteiger partial charge in [-0.05, 0) is 38.1 Å². The SMILES string of the molecule is Cc1ccc([C@H](C)NC(=O)N2CCN(Cc3ccccn3)CC2)o1. The van der Waals surface area contributed by atoms with Crippen molar-refractivity contribution in [3.63, 3.8) is 0 Å². The summed E-state index contributed by atoms with van der Waals surface area (Å²) in [6, 6.07) is 9.62. The molecule has 2 amide bonds. The van der Waals surface area contributed by atoms with Crippen molar-refractivity contribution in [2.75, 3.05) is 26.2 Å².